The van der Waals surface area contributed by atoms with E-state index in [0.29, 0.717) is 23.3 Å². The number of carbonyl (C=O) groups is 1. The summed E-state index contributed by atoms with van der Waals surface area (Å²) in [5.74, 6) is 0.108. The van der Waals surface area contributed by atoms with Gasteiger partial charge in [-0.1, -0.05) is 6.07 Å². The number of H-pyrrole nitrogens is 1. The van der Waals surface area contributed by atoms with Crippen LogP contribution in [0.4, 0.5) is 4.39 Å². The van der Waals surface area contributed by atoms with Crippen LogP contribution in [0.5, 0.6) is 0 Å². The molecule has 0 aliphatic heterocycles. The highest BCUT2D eigenvalue weighted by Crippen LogP contribution is 2.15. The normalized spacial score (nSPS) is 14.0. The van der Waals surface area contributed by atoms with Crippen LogP contribution in [0.3, 0.4) is 0 Å². The molecule has 7 heteroatoms. The minimum atomic E-state index is -0.371. The van der Waals surface area contributed by atoms with Crippen molar-refractivity contribution in [3.05, 3.63) is 29.8 Å². The van der Waals surface area contributed by atoms with Gasteiger partial charge in [0.05, 0.1) is 12.1 Å². The Labute approximate surface area is 132 Å². The maximum absolute atomic E-state index is 13.5. The molecule has 22 heavy (non-hydrogen) atoms. The molecule has 1 amide bonds. The highest BCUT2D eigenvalue weighted by Gasteiger charge is 2.17. The molecule has 2 atom stereocenters. The summed E-state index contributed by atoms with van der Waals surface area (Å²) < 4.78 is 13.5. The van der Waals surface area contributed by atoms with Crippen LogP contribution in [-0.4, -0.2) is 45.1 Å². The highest BCUT2D eigenvalue weighted by atomic mass is 32.2. The topological polar surface area (TPSA) is 78.0 Å². The van der Waals surface area contributed by atoms with Crippen molar-refractivity contribution in [1.82, 2.24) is 15.3 Å². The predicted octanol–water partition coefficient (Wildman–Crippen LogP) is 1.86. The third kappa shape index (κ3) is 3.98. The number of rotatable bonds is 7. The first kappa shape index (κ1) is 16.8. The number of benzene rings is 1. The van der Waals surface area contributed by atoms with E-state index < -0.39 is 0 Å². The number of thioether (sulfide) groups is 1. The molecule has 0 spiro atoms. The zero-order valence-electron chi connectivity index (χ0n) is 12.6. The van der Waals surface area contributed by atoms with Crippen molar-refractivity contribution in [2.75, 3.05) is 12.9 Å². The standard InChI is InChI=1S/C15H20FN3O2S/c1-9(12(8-20)22-2)17-14(21)7-6-13-18-11-5-3-4-10(16)15(11)19-13/h3-5,9,12,20H,6-8H2,1-2H3,(H,17,21)(H,18,19). The fourth-order valence-electron chi connectivity index (χ4n) is 2.25. The Bertz CT molecular complexity index is 643. The molecule has 5 nitrogen and oxygen atoms in total. The van der Waals surface area contributed by atoms with Crippen LogP contribution in [0, 0.1) is 5.82 Å². The first-order chi connectivity index (χ1) is 10.5. The second-order valence-corrected chi connectivity index (χ2v) is 6.21. The van der Waals surface area contributed by atoms with Crippen molar-refractivity contribution >= 4 is 28.7 Å². The molecule has 0 aliphatic rings. The van der Waals surface area contributed by atoms with Crippen LogP contribution < -0.4 is 5.32 Å². The number of aliphatic hydroxyl groups excluding tert-OH is 1. The summed E-state index contributed by atoms with van der Waals surface area (Å²) in [5, 5.41) is 12.0. The Balaban J connectivity index is 1.91. The van der Waals surface area contributed by atoms with E-state index in [9.17, 15) is 14.3 Å². The number of aliphatic hydroxyl groups is 1. The fraction of sp³-hybridized carbons (Fsp3) is 0.467. The SMILES string of the molecule is CSC(CO)C(C)NC(=O)CCc1nc2c(F)cccc2[nH]1. The number of para-hydroxylation sites is 1. The Hall–Kier alpha value is -1.60. The first-order valence-corrected chi connectivity index (χ1v) is 8.40. The molecule has 0 saturated carbocycles. The largest absolute Gasteiger partial charge is 0.395 e. The molecule has 2 aromatic rings. The van der Waals surface area contributed by atoms with Crippen LogP contribution >= 0.6 is 11.8 Å². The molecule has 0 saturated heterocycles. The van der Waals surface area contributed by atoms with E-state index in [-0.39, 0.29) is 36.0 Å². The minimum Gasteiger partial charge on any atom is -0.395 e. The van der Waals surface area contributed by atoms with Gasteiger partial charge in [-0.2, -0.15) is 11.8 Å². The van der Waals surface area contributed by atoms with E-state index in [4.69, 9.17) is 0 Å². The summed E-state index contributed by atoms with van der Waals surface area (Å²) in [5.41, 5.74) is 0.931. The summed E-state index contributed by atoms with van der Waals surface area (Å²) in [4.78, 5) is 19.1. The number of aromatic nitrogens is 2. The van der Waals surface area contributed by atoms with Gasteiger partial charge in [-0.05, 0) is 25.3 Å². The number of nitrogens with zero attached hydrogens (tertiary/aromatic N) is 1. The van der Waals surface area contributed by atoms with Crippen LogP contribution in [0.1, 0.15) is 19.2 Å². The molecule has 1 aromatic carbocycles. The number of hydrogen-bond acceptors (Lipinski definition) is 4. The molecular formula is C15H20FN3O2S. The monoisotopic (exact) mass is 325 g/mol. The van der Waals surface area contributed by atoms with E-state index in [1.54, 1.807) is 12.1 Å². The lowest BCUT2D eigenvalue weighted by Crippen LogP contribution is -2.41. The van der Waals surface area contributed by atoms with Gasteiger partial charge in [0.25, 0.3) is 0 Å². The van der Waals surface area contributed by atoms with E-state index in [1.807, 2.05) is 13.2 Å². The third-order valence-electron chi connectivity index (χ3n) is 3.53. The number of aromatic amines is 1. The Morgan fingerprint density at radius 3 is 2.95 bits per heavy atom. The van der Waals surface area contributed by atoms with E-state index in [0.717, 1.165) is 0 Å². The number of nitrogens with one attached hydrogen (secondary N) is 2. The second kappa shape index (κ2) is 7.60. The highest BCUT2D eigenvalue weighted by molar-refractivity contribution is 7.99. The van der Waals surface area contributed by atoms with Gasteiger partial charge in [0, 0.05) is 24.1 Å². The predicted molar refractivity (Wildman–Crippen MR) is 86.4 cm³/mol. The zero-order chi connectivity index (χ0) is 16.1. The minimum absolute atomic E-state index is 0.0193. The van der Waals surface area contributed by atoms with Crippen LogP contribution in [0.25, 0.3) is 11.0 Å². The van der Waals surface area contributed by atoms with Gasteiger partial charge in [-0.25, -0.2) is 9.37 Å². The lowest BCUT2D eigenvalue weighted by atomic mass is 10.2. The van der Waals surface area contributed by atoms with Gasteiger partial charge in [0.15, 0.2) is 5.82 Å². The van der Waals surface area contributed by atoms with E-state index >= 15 is 0 Å². The summed E-state index contributed by atoms with van der Waals surface area (Å²) in [6.07, 6.45) is 2.57. The molecule has 1 aromatic heterocycles. The van der Waals surface area contributed by atoms with Crippen molar-refractivity contribution in [3.63, 3.8) is 0 Å². The number of hydrogen-bond donors (Lipinski definition) is 3. The Morgan fingerprint density at radius 1 is 1.55 bits per heavy atom. The summed E-state index contributed by atoms with van der Waals surface area (Å²) in [7, 11) is 0. The Morgan fingerprint density at radius 2 is 2.32 bits per heavy atom. The van der Waals surface area contributed by atoms with Gasteiger partial charge in [0.1, 0.15) is 11.3 Å². The molecule has 2 unspecified atom stereocenters. The molecule has 120 valence electrons. The maximum atomic E-state index is 13.5. The number of carbonyl (C=O) groups excluding carboxylic acids is 1. The van der Waals surface area contributed by atoms with Crippen LogP contribution in [0.2, 0.25) is 0 Å². The molecule has 3 N–H and O–H groups in total. The lowest BCUT2D eigenvalue weighted by Gasteiger charge is -2.21. The summed E-state index contributed by atoms with van der Waals surface area (Å²) in [6, 6.07) is 4.62. The molecular weight excluding hydrogens is 305 g/mol. The molecule has 0 bridgehead atoms. The number of fused-ring (bicyclic) bond motifs is 1. The third-order valence-corrected chi connectivity index (χ3v) is 4.69. The van der Waals surface area contributed by atoms with E-state index in [1.165, 1.54) is 17.8 Å². The molecule has 0 aliphatic carbocycles. The molecule has 2 rings (SSSR count). The van der Waals surface area contributed by atoms with E-state index in [2.05, 4.69) is 15.3 Å². The summed E-state index contributed by atoms with van der Waals surface area (Å²) >= 11 is 1.51. The smallest absolute Gasteiger partial charge is 0.220 e. The van der Waals surface area contributed by atoms with Crippen LogP contribution in [0.15, 0.2) is 18.2 Å². The number of imidazole rings is 1. The first-order valence-electron chi connectivity index (χ1n) is 7.11. The molecule has 0 radical (unpaired) electrons. The van der Waals surface area contributed by atoms with Crippen molar-refractivity contribution in [1.29, 1.82) is 0 Å². The van der Waals surface area contributed by atoms with Gasteiger partial charge >= 0.3 is 0 Å². The van der Waals surface area contributed by atoms with Crippen molar-refractivity contribution < 1.29 is 14.3 Å². The van der Waals surface area contributed by atoms with Crippen molar-refractivity contribution in [2.45, 2.75) is 31.1 Å². The molecule has 1 heterocycles. The van der Waals surface area contributed by atoms with Gasteiger partial charge in [-0.15, -0.1) is 0 Å². The average Bonchev–Trinajstić information content (AvgIpc) is 2.91. The van der Waals surface area contributed by atoms with Crippen LogP contribution in [-0.2, 0) is 11.2 Å². The number of halogens is 1. The number of amides is 1. The molecule has 0 fully saturated rings. The van der Waals surface area contributed by atoms with Gasteiger partial charge in [0.2, 0.25) is 5.91 Å². The van der Waals surface area contributed by atoms with Crippen molar-refractivity contribution in [2.24, 2.45) is 0 Å². The van der Waals surface area contributed by atoms with Gasteiger partial charge < -0.3 is 15.4 Å². The maximum Gasteiger partial charge on any atom is 0.220 e. The zero-order valence-corrected chi connectivity index (χ0v) is 13.4. The lowest BCUT2D eigenvalue weighted by molar-refractivity contribution is -0.121. The quantitative estimate of drug-likeness (QED) is 0.726. The fourth-order valence-corrected chi connectivity index (χ4v) is 2.88. The summed E-state index contributed by atoms with van der Waals surface area (Å²) in [6.45, 7) is 1.89. The van der Waals surface area contributed by atoms with Gasteiger partial charge in [-0.3, -0.25) is 4.79 Å². The second-order valence-electron chi connectivity index (χ2n) is 5.13. The Kier molecular flexibility index (Phi) is 5.79. The number of aryl methyl sites for hydroxylation is 1. The van der Waals surface area contributed by atoms with Crippen molar-refractivity contribution in [3.8, 4) is 0 Å². The average molecular weight is 325 g/mol.